The van der Waals surface area contributed by atoms with Crippen molar-refractivity contribution in [1.82, 2.24) is 0 Å². The molecule has 0 radical (unpaired) electrons. The quantitative estimate of drug-likeness (QED) is 0.615. The molecule has 3 nitrogen and oxygen atoms in total. The number of rotatable bonds is 0. The normalized spacial score (nSPS) is 9.92. The van der Waals surface area contributed by atoms with Gasteiger partial charge >= 0.3 is 4.94 Å². The first-order valence-corrected chi connectivity index (χ1v) is 4.05. The summed E-state index contributed by atoms with van der Waals surface area (Å²) in [5, 5.41) is 8.54. The number of fused-ring (bicyclic) bond motifs is 1. The molecule has 0 aliphatic rings. The average Bonchev–Trinajstić information content (AvgIpc) is 2.43. The van der Waals surface area contributed by atoms with Gasteiger partial charge in [0.25, 0.3) is 0 Å². The molecule has 0 aliphatic heterocycles. The van der Waals surface area contributed by atoms with Gasteiger partial charge in [0.1, 0.15) is 0 Å². The third kappa shape index (κ3) is 1.00. The predicted molar refractivity (Wildman–Crippen MR) is 45.1 cm³/mol. The highest BCUT2D eigenvalue weighted by molar-refractivity contribution is 7.16. The van der Waals surface area contributed by atoms with Crippen LogP contribution in [0.25, 0.3) is 10.3 Å². The van der Waals surface area contributed by atoms with Crippen LogP contribution in [0.2, 0.25) is 0 Å². The second-order valence-corrected chi connectivity index (χ2v) is 3.20. The zero-order valence-electron chi connectivity index (χ0n) is 5.90. The summed E-state index contributed by atoms with van der Waals surface area (Å²) in [4.78, 5) is 10.4. The van der Waals surface area contributed by atoms with Gasteiger partial charge in [-0.1, -0.05) is 11.3 Å². The standard InChI is InChI=1S/C8H3NO2S/c9-4-5-1-2-7-6(3-5)11-8(10)12-7/h1-3H. The Morgan fingerprint density at radius 1 is 1.50 bits per heavy atom. The van der Waals surface area contributed by atoms with Gasteiger partial charge in [-0.3, -0.25) is 0 Å². The summed E-state index contributed by atoms with van der Waals surface area (Å²) in [5.74, 6) is 0. The van der Waals surface area contributed by atoms with Gasteiger partial charge in [-0.05, 0) is 12.1 Å². The minimum atomic E-state index is -0.333. The van der Waals surface area contributed by atoms with Crippen molar-refractivity contribution in [2.24, 2.45) is 0 Å². The van der Waals surface area contributed by atoms with Crippen LogP contribution in [0, 0.1) is 11.3 Å². The SMILES string of the molecule is N#Cc1ccc2sc(=O)oc2c1. The van der Waals surface area contributed by atoms with Crippen LogP contribution in [0.15, 0.2) is 27.4 Å². The van der Waals surface area contributed by atoms with Crippen molar-refractivity contribution in [2.45, 2.75) is 0 Å². The summed E-state index contributed by atoms with van der Waals surface area (Å²) in [5.41, 5.74) is 0.994. The summed E-state index contributed by atoms with van der Waals surface area (Å²) < 4.78 is 5.60. The fourth-order valence-corrected chi connectivity index (χ4v) is 1.59. The summed E-state index contributed by atoms with van der Waals surface area (Å²) >= 11 is 1.04. The molecule has 0 atom stereocenters. The lowest BCUT2D eigenvalue weighted by atomic mass is 10.2. The Bertz CT molecular complexity index is 518. The van der Waals surface area contributed by atoms with Crippen LogP contribution in [0.4, 0.5) is 0 Å². The average molecular weight is 177 g/mol. The molecular weight excluding hydrogens is 174 g/mol. The van der Waals surface area contributed by atoms with E-state index >= 15 is 0 Å². The molecule has 0 bridgehead atoms. The Morgan fingerprint density at radius 2 is 2.33 bits per heavy atom. The van der Waals surface area contributed by atoms with Gasteiger partial charge in [0.05, 0.1) is 16.3 Å². The molecule has 12 heavy (non-hydrogen) atoms. The van der Waals surface area contributed by atoms with Crippen molar-refractivity contribution in [3.8, 4) is 6.07 Å². The van der Waals surface area contributed by atoms with Gasteiger partial charge in [0, 0.05) is 6.07 Å². The Morgan fingerprint density at radius 3 is 3.08 bits per heavy atom. The monoisotopic (exact) mass is 177 g/mol. The molecule has 0 saturated carbocycles. The Kier molecular flexibility index (Phi) is 1.45. The van der Waals surface area contributed by atoms with Crippen molar-refractivity contribution < 1.29 is 4.42 Å². The van der Waals surface area contributed by atoms with Crippen LogP contribution in [-0.4, -0.2) is 0 Å². The Balaban J connectivity index is 2.85. The first kappa shape index (κ1) is 7.07. The van der Waals surface area contributed by atoms with Crippen molar-refractivity contribution in [3.05, 3.63) is 33.5 Å². The van der Waals surface area contributed by atoms with Gasteiger partial charge in [-0.25, -0.2) is 4.79 Å². The molecule has 1 heterocycles. The highest BCUT2D eigenvalue weighted by Gasteiger charge is 2.01. The summed E-state index contributed by atoms with van der Waals surface area (Å²) in [6.45, 7) is 0. The van der Waals surface area contributed by atoms with E-state index in [-0.39, 0.29) is 4.94 Å². The number of hydrogen-bond donors (Lipinski definition) is 0. The summed E-state index contributed by atoms with van der Waals surface area (Å²) in [6.07, 6.45) is 0. The molecular formula is C8H3NO2S. The second-order valence-electron chi connectivity index (χ2n) is 2.23. The maximum atomic E-state index is 10.8. The van der Waals surface area contributed by atoms with Gasteiger partial charge in [0.15, 0.2) is 5.58 Å². The largest absolute Gasteiger partial charge is 0.414 e. The third-order valence-corrected chi connectivity index (χ3v) is 2.27. The van der Waals surface area contributed by atoms with E-state index in [4.69, 9.17) is 9.68 Å². The Hall–Kier alpha value is -1.60. The first-order valence-electron chi connectivity index (χ1n) is 3.23. The van der Waals surface area contributed by atoms with E-state index in [2.05, 4.69) is 0 Å². The van der Waals surface area contributed by atoms with Crippen LogP contribution < -0.4 is 4.94 Å². The molecule has 2 rings (SSSR count). The molecule has 0 N–H and O–H groups in total. The molecule has 0 spiro atoms. The minimum Gasteiger partial charge on any atom is -0.414 e. The van der Waals surface area contributed by atoms with E-state index in [1.54, 1.807) is 18.2 Å². The maximum Gasteiger partial charge on any atom is 0.396 e. The van der Waals surface area contributed by atoms with Gasteiger partial charge in [0.2, 0.25) is 0 Å². The fourth-order valence-electron chi connectivity index (χ4n) is 0.942. The van der Waals surface area contributed by atoms with E-state index in [0.29, 0.717) is 11.1 Å². The zero-order valence-corrected chi connectivity index (χ0v) is 6.72. The molecule has 0 unspecified atom stereocenters. The predicted octanol–water partition coefficient (Wildman–Crippen LogP) is 1.73. The van der Waals surface area contributed by atoms with Crippen molar-refractivity contribution in [1.29, 1.82) is 5.26 Å². The van der Waals surface area contributed by atoms with E-state index in [9.17, 15) is 4.79 Å². The molecule has 0 saturated heterocycles. The number of hydrogen-bond acceptors (Lipinski definition) is 4. The van der Waals surface area contributed by atoms with Crippen molar-refractivity contribution in [2.75, 3.05) is 0 Å². The Labute approximate surface area is 71.5 Å². The van der Waals surface area contributed by atoms with Crippen LogP contribution in [-0.2, 0) is 0 Å². The highest BCUT2D eigenvalue weighted by atomic mass is 32.1. The highest BCUT2D eigenvalue weighted by Crippen LogP contribution is 2.17. The third-order valence-electron chi connectivity index (χ3n) is 1.46. The number of benzene rings is 1. The van der Waals surface area contributed by atoms with Gasteiger partial charge in [-0.2, -0.15) is 5.26 Å². The van der Waals surface area contributed by atoms with Crippen LogP contribution in [0.5, 0.6) is 0 Å². The lowest BCUT2D eigenvalue weighted by Gasteiger charge is -1.85. The van der Waals surface area contributed by atoms with Crippen LogP contribution in [0.1, 0.15) is 5.56 Å². The van der Waals surface area contributed by atoms with E-state index in [0.717, 1.165) is 16.0 Å². The van der Waals surface area contributed by atoms with Gasteiger partial charge < -0.3 is 4.42 Å². The molecule has 58 valence electrons. The lowest BCUT2D eigenvalue weighted by molar-refractivity contribution is 0.585. The van der Waals surface area contributed by atoms with E-state index in [1.807, 2.05) is 6.07 Å². The van der Waals surface area contributed by atoms with E-state index in [1.165, 1.54) is 0 Å². The topological polar surface area (TPSA) is 54.0 Å². The molecule has 2 aromatic rings. The van der Waals surface area contributed by atoms with E-state index < -0.39 is 0 Å². The smallest absolute Gasteiger partial charge is 0.396 e. The number of nitriles is 1. The fraction of sp³-hybridized carbons (Fsp3) is 0. The van der Waals surface area contributed by atoms with Crippen LogP contribution >= 0.6 is 11.3 Å². The lowest BCUT2D eigenvalue weighted by Crippen LogP contribution is -1.79. The summed E-state index contributed by atoms with van der Waals surface area (Å²) in [6, 6.07) is 6.91. The van der Waals surface area contributed by atoms with Gasteiger partial charge in [-0.15, -0.1) is 0 Å². The molecule has 0 aliphatic carbocycles. The maximum absolute atomic E-state index is 10.8. The summed E-state index contributed by atoms with van der Waals surface area (Å²) in [7, 11) is 0. The van der Waals surface area contributed by atoms with Crippen LogP contribution in [0.3, 0.4) is 0 Å². The zero-order chi connectivity index (χ0) is 8.55. The molecule has 1 aromatic carbocycles. The molecule has 1 aromatic heterocycles. The van der Waals surface area contributed by atoms with Crippen molar-refractivity contribution in [3.63, 3.8) is 0 Å². The molecule has 0 fully saturated rings. The van der Waals surface area contributed by atoms with Crippen molar-refractivity contribution >= 4 is 21.6 Å². The molecule has 4 heteroatoms. The second kappa shape index (κ2) is 2.47. The number of nitrogens with zero attached hydrogens (tertiary/aromatic N) is 1. The minimum absolute atomic E-state index is 0.333. The molecule has 0 amide bonds. The first-order chi connectivity index (χ1) is 5.79.